The molecule has 1 aliphatic heterocycles. The maximum atomic E-state index is 13.1. The lowest BCUT2D eigenvalue weighted by atomic mass is 10.1. The van der Waals surface area contributed by atoms with Crippen molar-refractivity contribution in [3.05, 3.63) is 94.1 Å². The Bertz CT molecular complexity index is 1150. The van der Waals surface area contributed by atoms with Crippen LogP contribution in [-0.4, -0.2) is 18.5 Å². The topological polar surface area (TPSA) is 59.6 Å². The summed E-state index contributed by atoms with van der Waals surface area (Å²) in [5.74, 6) is 0.718. The van der Waals surface area contributed by atoms with E-state index in [1.807, 2.05) is 30.3 Å². The summed E-state index contributed by atoms with van der Waals surface area (Å²) in [6, 6.07) is 19.8. The fourth-order valence-corrected chi connectivity index (χ4v) is 4.32. The van der Waals surface area contributed by atoms with Gasteiger partial charge in [-0.1, -0.05) is 49.0 Å². The fourth-order valence-electron chi connectivity index (χ4n) is 3.34. The summed E-state index contributed by atoms with van der Waals surface area (Å²) < 4.78 is 24.4. The zero-order valence-corrected chi connectivity index (χ0v) is 19.2. The smallest absolute Gasteiger partial charge is 0.260 e. The van der Waals surface area contributed by atoms with Crippen LogP contribution in [0.4, 0.5) is 10.1 Å². The van der Waals surface area contributed by atoms with Crippen LogP contribution in [-0.2, 0) is 17.8 Å². The highest BCUT2D eigenvalue weighted by atomic mass is 32.2. The summed E-state index contributed by atoms with van der Waals surface area (Å²) in [4.78, 5) is 13.1. The summed E-state index contributed by atoms with van der Waals surface area (Å²) in [6.45, 7) is 2.41. The number of aryl methyl sites for hydroxylation is 1. The molecule has 1 aliphatic rings. The van der Waals surface area contributed by atoms with Gasteiger partial charge >= 0.3 is 0 Å². The van der Waals surface area contributed by atoms with Crippen LogP contribution in [0.1, 0.15) is 23.6 Å². The molecule has 2 N–H and O–H groups in total. The van der Waals surface area contributed by atoms with Gasteiger partial charge in [-0.3, -0.25) is 4.79 Å². The van der Waals surface area contributed by atoms with Crippen molar-refractivity contribution in [2.45, 2.75) is 25.4 Å². The van der Waals surface area contributed by atoms with E-state index in [0.29, 0.717) is 23.0 Å². The van der Waals surface area contributed by atoms with Crippen LogP contribution in [0.2, 0.25) is 0 Å². The second-order valence-electron chi connectivity index (χ2n) is 7.50. The zero-order chi connectivity index (χ0) is 23.2. The molecule has 5 nitrogen and oxygen atoms in total. The van der Waals surface area contributed by atoms with Crippen LogP contribution in [0.25, 0.3) is 6.08 Å². The highest BCUT2D eigenvalue weighted by Crippen LogP contribution is 2.33. The molecule has 0 spiro atoms. The van der Waals surface area contributed by atoms with Crippen LogP contribution in [0, 0.1) is 5.82 Å². The Morgan fingerprint density at radius 1 is 1.03 bits per heavy atom. The number of anilines is 1. The van der Waals surface area contributed by atoms with Gasteiger partial charge in [0, 0.05) is 5.69 Å². The van der Waals surface area contributed by atoms with Gasteiger partial charge < -0.3 is 20.1 Å². The molecule has 0 aromatic heterocycles. The average molecular weight is 465 g/mol. The molecule has 0 radical (unpaired) electrons. The third-order valence-corrected chi connectivity index (χ3v) is 6.21. The Morgan fingerprint density at radius 2 is 1.76 bits per heavy atom. The van der Waals surface area contributed by atoms with Gasteiger partial charge in [0.05, 0.1) is 12.0 Å². The number of ether oxygens (including phenoxy) is 2. The molecular formula is C26H25FN2O3S. The summed E-state index contributed by atoms with van der Waals surface area (Å²) >= 11 is 1.43. The minimum atomic E-state index is -0.283. The molecule has 1 amide bonds. The van der Waals surface area contributed by atoms with E-state index in [-0.39, 0.29) is 17.2 Å². The first-order valence-electron chi connectivity index (χ1n) is 10.6. The van der Waals surface area contributed by atoms with Gasteiger partial charge in [0.25, 0.3) is 5.91 Å². The molecule has 7 heteroatoms. The molecule has 4 rings (SSSR count). The van der Waals surface area contributed by atoms with Gasteiger partial charge in [-0.25, -0.2) is 4.39 Å². The average Bonchev–Trinajstić information content (AvgIpc) is 3.17. The number of benzene rings is 3. The van der Waals surface area contributed by atoms with Gasteiger partial charge in [-0.2, -0.15) is 0 Å². The van der Waals surface area contributed by atoms with Crippen molar-refractivity contribution in [2.75, 3.05) is 12.4 Å². The van der Waals surface area contributed by atoms with E-state index >= 15 is 0 Å². The number of hydrogen-bond acceptors (Lipinski definition) is 5. The van der Waals surface area contributed by atoms with Crippen molar-refractivity contribution in [2.24, 2.45) is 0 Å². The number of nitrogens with one attached hydrogen (secondary N) is 2. The van der Waals surface area contributed by atoms with E-state index in [9.17, 15) is 9.18 Å². The molecular weight excluding hydrogens is 439 g/mol. The van der Waals surface area contributed by atoms with Gasteiger partial charge in [-0.05, 0) is 65.6 Å². The first kappa shape index (κ1) is 22.7. The third-order valence-electron chi connectivity index (χ3n) is 5.18. The Labute approximate surface area is 197 Å². The monoisotopic (exact) mass is 464 g/mol. The second-order valence-corrected chi connectivity index (χ2v) is 8.65. The molecule has 0 unspecified atom stereocenters. The van der Waals surface area contributed by atoms with Gasteiger partial charge in [0.1, 0.15) is 12.4 Å². The van der Waals surface area contributed by atoms with Crippen molar-refractivity contribution in [1.82, 2.24) is 5.32 Å². The number of rotatable bonds is 8. The predicted molar refractivity (Wildman–Crippen MR) is 131 cm³/mol. The number of amides is 1. The molecule has 3 aromatic rings. The minimum Gasteiger partial charge on any atom is -0.493 e. The minimum absolute atomic E-state index is 0.127. The first-order valence-corrected chi connectivity index (χ1v) is 11.5. The molecule has 1 saturated heterocycles. The molecule has 1 heterocycles. The maximum Gasteiger partial charge on any atom is 0.260 e. The number of hydrogen-bond donors (Lipinski definition) is 2. The van der Waals surface area contributed by atoms with E-state index in [2.05, 4.69) is 29.7 Å². The van der Waals surface area contributed by atoms with Crippen LogP contribution in [0.15, 0.2) is 71.6 Å². The Morgan fingerprint density at radius 3 is 2.45 bits per heavy atom. The van der Waals surface area contributed by atoms with Crippen LogP contribution in [0.5, 0.6) is 11.5 Å². The van der Waals surface area contributed by atoms with Gasteiger partial charge in [-0.15, -0.1) is 0 Å². The highest BCUT2D eigenvalue weighted by molar-refractivity contribution is 8.05. The molecule has 170 valence electrons. The van der Waals surface area contributed by atoms with Gasteiger partial charge in [0.15, 0.2) is 17.0 Å². The van der Waals surface area contributed by atoms with Crippen molar-refractivity contribution in [1.29, 1.82) is 0 Å². The number of halogens is 1. The predicted octanol–water partition coefficient (Wildman–Crippen LogP) is 5.58. The van der Waals surface area contributed by atoms with Gasteiger partial charge in [0.2, 0.25) is 0 Å². The van der Waals surface area contributed by atoms with E-state index in [1.54, 1.807) is 25.3 Å². The Hall–Kier alpha value is -3.45. The van der Waals surface area contributed by atoms with Crippen molar-refractivity contribution >= 4 is 29.4 Å². The normalized spacial score (nSPS) is 16.5. The molecule has 3 aromatic carbocycles. The third kappa shape index (κ3) is 5.87. The quantitative estimate of drug-likeness (QED) is 0.427. The number of methoxy groups -OCH3 is 1. The molecule has 0 saturated carbocycles. The Balaban J connectivity index is 1.41. The lowest BCUT2D eigenvalue weighted by Gasteiger charge is -2.13. The number of carbonyl (C=O) groups is 1. The molecule has 33 heavy (non-hydrogen) atoms. The lowest BCUT2D eigenvalue weighted by molar-refractivity contribution is -0.116. The van der Waals surface area contributed by atoms with E-state index in [1.165, 1.54) is 29.5 Å². The Kier molecular flexibility index (Phi) is 7.19. The number of carbonyl (C=O) groups excluding carboxylic acids is 1. The summed E-state index contributed by atoms with van der Waals surface area (Å²) in [7, 11) is 1.57. The van der Waals surface area contributed by atoms with E-state index in [4.69, 9.17) is 9.47 Å². The van der Waals surface area contributed by atoms with Crippen molar-refractivity contribution in [3.8, 4) is 11.5 Å². The molecule has 0 bridgehead atoms. The highest BCUT2D eigenvalue weighted by Gasteiger charge is 2.27. The van der Waals surface area contributed by atoms with E-state index in [0.717, 1.165) is 23.2 Å². The second kappa shape index (κ2) is 10.4. The summed E-state index contributed by atoms with van der Waals surface area (Å²) in [6.07, 6.45) is 2.82. The van der Waals surface area contributed by atoms with E-state index < -0.39 is 0 Å². The maximum absolute atomic E-state index is 13.1. The van der Waals surface area contributed by atoms with Crippen molar-refractivity contribution in [3.63, 3.8) is 0 Å². The number of thioether (sulfide) groups is 1. The SMILES string of the molecule is CCc1ccc(N[C@@H]2NC(=O)/C(=C/c3ccc(OCc4ccc(F)cc4)c(OC)c3)S2)cc1. The standard InChI is InChI=1S/C26H25FN2O3S/c1-3-17-6-11-21(12-7-17)28-26-29-25(30)24(33-26)15-19-8-13-22(23(14-19)31-2)32-16-18-4-9-20(27)10-5-18/h4-15,26,28H,3,16H2,1-2H3,(H,29,30)/b24-15-/t26-/m1/s1. The zero-order valence-electron chi connectivity index (χ0n) is 18.4. The molecule has 1 fully saturated rings. The van der Waals surface area contributed by atoms with Crippen LogP contribution < -0.4 is 20.1 Å². The largest absolute Gasteiger partial charge is 0.493 e. The summed E-state index contributed by atoms with van der Waals surface area (Å²) in [5, 5.41) is 6.27. The molecule has 1 atom stereocenters. The molecule has 0 aliphatic carbocycles. The summed E-state index contributed by atoms with van der Waals surface area (Å²) in [5.41, 5.74) is 3.66. The first-order chi connectivity index (χ1) is 16.0. The fraction of sp³-hybridized carbons (Fsp3) is 0.192. The lowest BCUT2D eigenvalue weighted by Crippen LogP contribution is -2.30. The van der Waals surface area contributed by atoms with Crippen LogP contribution in [0.3, 0.4) is 0 Å². The van der Waals surface area contributed by atoms with Crippen LogP contribution >= 0.6 is 11.8 Å². The van der Waals surface area contributed by atoms with Crippen molar-refractivity contribution < 1.29 is 18.7 Å².